The van der Waals surface area contributed by atoms with Gasteiger partial charge in [-0.2, -0.15) is 23.4 Å². The van der Waals surface area contributed by atoms with Crippen molar-refractivity contribution in [3.63, 3.8) is 0 Å². The van der Waals surface area contributed by atoms with Crippen LogP contribution < -0.4 is 4.90 Å². The molecule has 2 heterocycles. The van der Waals surface area contributed by atoms with Crippen LogP contribution >= 0.6 is 0 Å². The second kappa shape index (κ2) is 5.93. The van der Waals surface area contributed by atoms with Crippen molar-refractivity contribution < 1.29 is 18.0 Å². The highest BCUT2D eigenvalue weighted by Crippen LogP contribution is 2.41. The van der Waals surface area contributed by atoms with Crippen LogP contribution in [0.4, 0.5) is 18.9 Å². The predicted molar refractivity (Wildman–Crippen MR) is 82.4 cm³/mol. The maximum absolute atomic E-state index is 13.1. The number of rotatable bonds is 5. The highest BCUT2D eigenvalue weighted by Gasteiger charge is 2.41. The zero-order valence-electron chi connectivity index (χ0n) is 12.9. The lowest BCUT2D eigenvalue weighted by Crippen LogP contribution is -2.30. The van der Waals surface area contributed by atoms with E-state index < -0.39 is 17.4 Å². The van der Waals surface area contributed by atoms with Gasteiger partial charge in [-0.05, 0) is 24.1 Å². The highest BCUT2D eigenvalue weighted by atomic mass is 19.4. The van der Waals surface area contributed by atoms with Gasteiger partial charge in [-0.1, -0.05) is 6.07 Å². The molecule has 3 rings (SSSR count). The summed E-state index contributed by atoms with van der Waals surface area (Å²) in [5.74, 6) is 2.31. The minimum absolute atomic E-state index is 0.188. The fourth-order valence-electron chi connectivity index (χ4n) is 3.07. The monoisotopic (exact) mass is 335 g/mol. The Kier molecular flexibility index (Phi) is 4.08. The summed E-state index contributed by atoms with van der Waals surface area (Å²) in [5.41, 5.74) is -0.662. The zero-order valence-corrected chi connectivity index (χ0v) is 12.9. The van der Waals surface area contributed by atoms with Crippen molar-refractivity contribution in [2.75, 3.05) is 11.4 Å². The predicted octanol–water partition coefficient (Wildman–Crippen LogP) is 3.95. The number of alkyl halides is 3. The van der Waals surface area contributed by atoms with Gasteiger partial charge in [-0.15, -0.1) is 12.3 Å². The molecule has 2 aliphatic rings. The van der Waals surface area contributed by atoms with Crippen molar-refractivity contribution >= 4 is 11.6 Å². The van der Waals surface area contributed by atoms with Crippen LogP contribution in [0.3, 0.4) is 0 Å². The summed E-state index contributed by atoms with van der Waals surface area (Å²) in [6, 6.07) is 3.96. The van der Waals surface area contributed by atoms with Crippen LogP contribution in [0.2, 0.25) is 0 Å². The first-order valence-corrected chi connectivity index (χ1v) is 7.73. The molecule has 2 aliphatic heterocycles. The first-order chi connectivity index (χ1) is 11.4. The van der Waals surface area contributed by atoms with Gasteiger partial charge in [-0.25, -0.2) is 0 Å². The van der Waals surface area contributed by atoms with Crippen LogP contribution in [0, 0.1) is 12.3 Å². The van der Waals surface area contributed by atoms with Crippen LogP contribution in [0.1, 0.15) is 36.8 Å². The number of hydrogen-bond acceptors (Lipinski definition) is 3. The number of halogens is 3. The minimum atomic E-state index is -4.41. The molecule has 0 bridgehead atoms. The van der Waals surface area contributed by atoms with Crippen molar-refractivity contribution in [2.45, 2.75) is 43.9 Å². The van der Waals surface area contributed by atoms with E-state index >= 15 is 0 Å². The summed E-state index contributed by atoms with van der Waals surface area (Å²) >= 11 is 0. The molecular formula is C17H16F3N3O. The smallest absolute Gasteiger partial charge is 0.312 e. The number of terminal acetylenes is 1. The molecule has 0 radical (unpaired) electrons. The second-order valence-electron chi connectivity index (χ2n) is 5.98. The van der Waals surface area contributed by atoms with Crippen LogP contribution in [0.5, 0.6) is 0 Å². The Morgan fingerprint density at radius 2 is 2.08 bits per heavy atom. The van der Waals surface area contributed by atoms with Crippen LogP contribution in [-0.2, 0) is 17.4 Å². The first kappa shape index (κ1) is 16.5. The van der Waals surface area contributed by atoms with E-state index in [1.807, 2.05) is 0 Å². The summed E-state index contributed by atoms with van der Waals surface area (Å²) in [6.07, 6.45) is 2.79. The van der Waals surface area contributed by atoms with E-state index in [9.17, 15) is 18.0 Å². The zero-order chi connectivity index (χ0) is 17.4. The Morgan fingerprint density at radius 1 is 1.33 bits per heavy atom. The second-order valence-corrected chi connectivity index (χ2v) is 5.98. The van der Waals surface area contributed by atoms with E-state index in [4.69, 9.17) is 6.42 Å². The molecule has 0 saturated heterocycles. The van der Waals surface area contributed by atoms with Crippen LogP contribution in [-0.4, -0.2) is 18.1 Å². The molecule has 1 aromatic carbocycles. The number of carbonyl (C=O) groups excluding carboxylic acids is 1. The van der Waals surface area contributed by atoms with E-state index in [-0.39, 0.29) is 30.9 Å². The van der Waals surface area contributed by atoms with E-state index in [1.165, 1.54) is 11.0 Å². The first-order valence-electron chi connectivity index (χ1n) is 7.73. The lowest BCUT2D eigenvalue weighted by atomic mass is 10.0. The minimum Gasteiger partial charge on any atom is -0.312 e. The third kappa shape index (κ3) is 3.14. The van der Waals surface area contributed by atoms with Crippen molar-refractivity contribution in [3.8, 4) is 12.3 Å². The standard InChI is InChI=1S/C17H16F3N3O/c1-2-3-9-16(21-22-16)10-7-15(24)23-11-8-12-13(17(18,19)20)5-4-6-14(12)23/h1,4-6H,3,7-11H2. The van der Waals surface area contributed by atoms with Gasteiger partial charge in [0.05, 0.1) is 5.56 Å². The molecule has 0 spiro atoms. The molecule has 7 heteroatoms. The molecule has 1 amide bonds. The van der Waals surface area contributed by atoms with Gasteiger partial charge >= 0.3 is 6.18 Å². The SMILES string of the molecule is C#CCCC1(CCC(=O)N2CCc3c2cccc3C(F)(F)F)N=N1. The normalized spacial score (nSPS) is 17.5. The summed E-state index contributed by atoms with van der Waals surface area (Å²) in [5, 5.41) is 7.94. The van der Waals surface area contributed by atoms with Gasteiger partial charge in [0.15, 0.2) is 5.66 Å². The van der Waals surface area contributed by atoms with Crippen molar-refractivity contribution in [1.82, 2.24) is 0 Å². The van der Waals surface area contributed by atoms with Gasteiger partial charge in [0.2, 0.25) is 5.91 Å². The molecule has 0 atom stereocenters. The van der Waals surface area contributed by atoms with E-state index in [0.29, 0.717) is 24.9 Å². The number of benzene rings is 1. The third-order valence-electron chi connectivity index (χ3n) is 4.43. The number of amides is 1. The fourth-order valence-corrected chi connectivity index (χ4v) is 3.07. The third-order valence-corrected chi connectivity index (χ3v) is 4.43. The van der Waals surface area contributed by atoms with Crippen LogP contribution in [0.25, 0.3) is 0 Å². The van der Waals surface area contributed by atoms with Crippen molar-refractivity contribution in [3.05, 3.63) is 29.3 Å². The fraction of sp³-hybridized carbons (Fsp3) is 0.471. The summed E-state index contributed by atoms with van der Waals surface area (Å²) in [7, 11) is 0. The molecule has 0 aliphatic carbocycles. The average molecular weight is 335 g/mol. The average Bonchev–Trinajstić information content (AvgIpc) is 3.18. The quantitative estimate of drug-likeness (QED) is 0.752. The Labute approximate surface area is 137 Å². The van der Waals surface area contributed by atoms with Gasteiger partial charge in [0.25, 0.3) is 0 Å². The molecule has 0 aromatic heterocycles. The van der Waals surface area contributed by atoms with Crippen molar-refractivity contribution in [1.29, 1.82) is 0 Å². The number of fused-ring (bicyclic) bond motifs is 1. The number of hydrogen-bond donors (Lipinski definition) is 0. The maximum atomic E-state index is 13.1. The van der Waals surface area contributed by atoms with E-state index in [0.717, 1.165) is 6.07 Å². The molecular weight excluding hydrogens is 319 g/mol. The Balaban J connectivity index is 1.68. The van der Waals surface area contributed by atoms with Gasteiger partial charge in [-0.3, -0.25) is 4.79 Å². The van der Waals surface area contributed by atoms with Gasteiger partial charge in [0, 0.05) is 37.9 Å². The number of anilines is 1. The van der Waals surface area contributed by atoms with Crippen molar-refractivity contribution in [2.24, 2.45) is 10.2 Å². The molecule has 0 fully saturated rings. The largest absolute Gasteiger partial charge is 0.416 e. The summed E-state index contributed by atoms with van der Waals surface area (Å²) < 4.78 is 39.2. The number of carbonyl (C=O) groups is 1. The van der Waals surface area contributed by atoms with E-state index in [1.54, 1.807) is 6.07 Å². The van der Waals surface area contributed by atoms with Gasteiger partial charge in [0.1, 0.15) is 0 Å². The summed E-state index contributed by atoms with van der Waals surface area (Å²) in [6.45, 7) is 0.271. The highest BCUT2D eigenvalue weighted by molar-refractivity contribution is 5.95. The molecule has 126 valence electrons. The number of nitrogens with zero attached hydrogens (tertiary/aromatic N) is 3. The topological polar surface area (TPSA) is 45.0 Å². The lowest BCUT2D eigenvalue weighted by molar-refractivity contribution is -0.138. The van der Waals surface area contributed by atoms with E-state index in [2.05, 4.69) is 16.1 Å². The molecule has 0 saturated carbocycles. The van der Waals surface area contributed by atoms with Crippen LogP contribution in [0.15, 0.2) is 28.4 Å². The Morgan fingerprint density at radius 3 is 2.71 bits per heavy atom. The lowest BCUT2D eigenvalue weighted by Gasteiger charge is -2.19. The molecule has 1 aromatic rings. The van der Waals surface area contributed by atoms with Gasteiger partial charge < -0.3 is 4.90 Å². The molecule has 0 unspecified atom stereocenters. The Hall–Kier alpha value is -2.36. The molecule has 4 nitrogen and oxygen atoms in total. The summed E-state index contributed by atoms with van der Waals surface area (Å²) in [4.78, 5) is 13.9. The maximum Gasteiger partial charge on any atom is 0.416 e. The molecule has 0 N–H and O–H groups in total. The molecule has 24 heavy (non-hydrogen) atoms. The Bertz CT molecular complexity index is 728.